The molecule has 2 aromatic carbocycles. The Labute approximate surface area is 164 Å². The van der Waals surface area contributed by atoms with Crippen molar-refractivity contribution in [1.82, 2.24) is 5.32 Å². The molecule has 8 heteroatoms. The lowest BCUT2D eigenvalue weighted by atomic mass is 10.0. The first-order chi connectivity index (χ1) is 13.5. The van der Waals surface area contributed by atoms with Gasteiger partial charge in [0.1, 0.15) is 11.9 Å². The smallest absolute Gasteiger partial charge is 0.497 e. The number of methoxy groups -OCH3 is 1. The molecule has 1 aliphatic heterocycles. The summed E-state index contributed by atoms with van der Waals surface area (Å²) in [4.78, 5) is 21.0. The lowest BCUT2D eigenvalue weighted by molar-refractivity contribution is 0.000664. The van der Waals surface area contributed by atoms with E-state index in [4.69, 9.17) is 14.6 Å². The van der Waals surface area contributed by atoms with E-state index in [9.17, 15) is 14.3 Å². The van der Waals surface area contributed by atoms with E-state index in [0.717, 1.165) is 16.9 Å². The molecule has 148 valence electrons. The van der Waals surface area contributed by atoms with Gasteiger partial charge in [0.25, 0.3) is 0 Å². The van der Waals surface area contributed by atoms with Gasteiger partial charge in [-0.15, -0.1) is 0 Å². The summed E-state index contributed by atoms with van der Waals surface area (Å²) < 4.78 is 23.0. The molecule has 0 aromatic heterocycles. The SMILES string of the molecule is COc1ccc(CC([C@@H]2CN[C@H](c3cccc(C(=O)O)c3)CO2)[P+](=O)O)cc1. The summed E-state index contributed by atoms with van der Waals surface area (Å²) in [6, 6.07) is 13.9. The fraction of sp³-hybridized carbons (Fsp3) is 0.350. The van der Waals surface area contributed by atoms with Gasteiger partial charge in [-0.3, -0.25) is 0 Å². The van der Waals surface area contributed by atoms with Crippen molar-refractivity contribution in [1.29, 1.82) is 0 Å². The van der Waals surface area contributed by atoms with E-state index in [1.807, 2.05) is 30.3 Å². The lowest BCUT2D eigenvalue weighted by Gasteiger charge is -2.31. The Morgan fingerprint density at radius 2 is 2.07 bits per heavy atom. The second-order valence-electron chi connectivity index (χ2n) is 6.69. The van der Waals surface area contributed by atoms with Crippen LogP contribution in [0.2, 0.25) is 0 Å². The minimum Gasteiger partial charge on any atom is -0.497 e. The second kappa shape index (κ2) is 9.26. The highest BCUT2D eigenvalue weighted by Gasteiger charge is 2.41. The third-order valence-electron chi connectivity index (χ3n) is 4.90. The van der Waals surface area contributed by atoms with E-state index in [-0.39, 0.29) is 11.6 Å². The van der Waals surface area contributed by atoms with Gasteiger partial charge >= 0.3 is 14.0 Å². The molecule has 1 aliphatic rings. The van der Waals surface area contributed by atoms with Gasteiger partial charge in [0.2, 0.25) is 5.66 Å². The third kappa shape index (κ3) is 4.94. The Morgan fingerprint density at radius 1 is 1.32 bits per heavy atom. The molecule has 0 bridgehead atoms. The molecule has 1 saturated heterocycles. The number of carboxylic acid groups (broad SMARTS) is 1. The van der Waals surface area contributed by atoms with Crippen LogP contribution >= 0.6 is 8.03 Å². The molecule has 3 rings (SSSR count). The molecule has 1 heterocycles. The van der Waals surface area contributed by atoms with Crippen LogP contribution in [-0.2, 0) is 15.7 Å². The Morgan fingerprint density at radius 3 is 2.64 bits per heavy atom. The van der Waals surface area contributed by atoms with Crippen LogP contribution in [0.4, 0.5) is 0 Å². The topological polar surface area (TPSA) is 105 Å². The van der Waals surface area contributed by atoms with Crippen LogP contribution in [0.5, 0.6) is 5.75 Å². The molecule has 1 fully saturated rings. The molecular formula is C20H23NO6P+. The Kier molecular flexibility index (Phi) is 6.75. The number of hydrogen-bond acceptors (Lipinski definition) is 5. The number of rotatable bonds is 7. The number of carboxylic acids is 1. The number of hydrogen-bond donors (Lipinski definition) is 3. The highest BCUT2D eigenvalue weighted by molar-refractivity contribution is 7.39. The van der Waals surface area contributed by atoms with Gasteiger partial charge in [0, 0.05) is 13.0 Å². The van der Waals surface area contributed by atoms with E-state index in [0.29, 0.717) is 19.6 Å². The standard InChI is InChI=1S/C20H22NO6P/c1-26-16-7-5-13(6-8-16)9-19(28(24)25)18-11-21-17(12-27-18)14-3-2-4-15(10-14)20(22)23/h2-8,10,17-19,21H,9,11-12H2,1H3,(H-,22,23,24,25)/p+1/t17-,18-,19?/m0/s1. The van der Waals surface area contributed by atoms with Gasteiger partial charge in [-0.05, 0) is 40.0 Å². The molecule has 3 N–H and O–H groups in total. The van der Waals surface area contributed by atoms with Crippen LogP contribution in [0, 0.1) is 0 Å². The Balaban J connectivity index is 1.64. The fourth-order valence-electron chi connectivity index (χ4n) is 3.30. The first-order valence-corrected chi connectivity index (χ1v) is 10.2. The van der Waals surface area contributed by atoms with Crippen LogP contribution in [0.15, 0.2) is 48.5 Å². The van der Waals surface area contributed by atoms with Crippen molar-refractivity contribution in [2.24, 2.45) is 0 Å². The first kappa shape index (κ1) is 20.4. The van der Waals surface area contributed by atoms with Crippen molar-refractivity contribution >= 4 is 14.0 Å². The highest BCUT2D eigenvalue weighted by Crippen LogP contribution is 2.33. The monoisotopic (exact) mass is 404 g/mol. The predicted molar refractivity (Wildman–Crippen MR) is 104 cm³/mol. The van der Waals surface area contributed by atoms with Crippen molar-refractivity contribution in [2.75, 3.05) is 20.3 Å². The van der Waals surface area contributed by atoms with E-state index < -0.39 is 25.8 Å². The van der Waals surface area contributed by atoms with Gasteiger partial charge in [-0.1, -0.05) is 24.3 Å². The zero-order valence-electron chi connectivity index (χ0n) is 15.4. The van der Waals surface area contributed by atoms with Crippen LogP contribution < -0.4 is 10.1 Å². The minimum atomic E-state index is -2.43. The van der Waals surface area contributed by atoms with Crippen molar-refractivity contribution < 1.29 is 28.8 Å². The van der Waals surface area contributed by atoms with Gasteiger partial charge in [0.15, 0.2) is 0 Å². The number of aromatic carboxylic acids is 1. The van der Waals surface area contributed by atoms with E-state index in [1.54, 1.807) is 25.3 Å². The first-order valence-electron chi connectivity index (χ1n) is 8.94. The summed E-state index contributed by atoms with van der Waals surface area (Å²) in [6.45, 7) is 0.709. The van der Waals surface area contributed by atoms with Crippen LogP contribution in [0.1, 0.15) is 27.5 Å². The van der Waals surface area contributed by atoms with Crippen LogP contribution in [0.3, 0.4) is 0 Å². The van der Waals surface area contributed by atoms with Crippen molar-refractivity contribution in [3.05, 3.63) is 65.2 Å². The largest absolute Gasteiger partial charge is 0.511 e. The van der Waals surface area contributed by atoms with Crippen molar-refractivity contribution in [2.45, 2.75) is 24.2 Å². The maximum atomic E-state index is 11.9. The highest BCUT2D eigenvalue weighted by atomic mass is 31.1. The maximum Gasteiger partial charge on any atom is 0.511 e. The van der Waals surface area contributed by atoms with Gasteiger partial charge in [0.05, 0.1) is 25.3 Å². The van der Waals surface area contributed by atoms with E-state index in [2.05, 4.69) is 5.32 Å². The molecule has 4 atom stereocenters. The summed E-state index contributed by atoms with van der Waals surface area (Å²) in [7, 11) is -0.838. The van der Waals surface area contributed by atoms with Crippen molar-refractivity contribution in [3.63, 3.8) is 0 Å². The van der Waals surface area contributed by atoms with Crippen molar-refractivity contribution in [3.8, 4) is 5.75 Å². The summed E-state index contributed by atoms with van der Waals surface area (Å²) in [5, 5.41) is 12.5. The molecule has 2 aromatic rings. The summed E-state index contributed by atoms with van der Waals surface area (Å²) in [5.41, 5.74) is 1.43. The molecule has 0 amide bonds. The van der Waals surface area contributed by atoms with Gasteiger partial charge in [-0.2, -0.15) is 4.89 Å². The molecule has 2 unspecified atom stereocenters. The van der Waals surface area contributed by atoms with Crippen LogP contribution in [0.25, 0.3) is 0 Å². The predicted octanol–water partition coefficient (Wildman–Crippen LogP) is 2.77. The fourth-order valence-corrected chi connectivity index (χ4v) is 4.14. The molecule has 28 heavy (non-hydrogen) atoms. The van der Waals surface area contributed by atoms with Gasteiger partial charge in [-0.25, -0.2) is 4.79 Å². The number of carbonyl (C=O) groups is 1. The van der Waals surface area contributed by atoms with Gasteiger partial charge < -0.3 is 19.9 Å². The second-order valence-corrected chi connectivity index (χ2v) is 7.95. The molecule has 0 spiro atoms. The quantitative estimate of drug-likeness (QED) is 0.610. The van der Waals surface area contributed by atoms with Crippen LogP contribution in [-0.4, -0.2) is 48.0 Å². The molecule has 0 aliphatic carbocycles. The number of morpholine rings is 1. The molecule has 0 radical (unpaired) electrons. The molecular weight excluding hydrogens is 381 g/mol. The average Bonchev–Trinajstić information content (AvgIpc) is 2.72. The third-order valence-corrected chi connectivity index (χ3v) is 5.98. The summed E-state index contributed by atoms with van der Waals surface area (Å²) in [5.74, 6) is -0.246. The maximum absolute atomic E-state index is 11.9. The summed E-state index contributed by atoms with van der Waals surface area (Å²) in [6.07, 6.45) is 0.0101. The zero-order valence-corrected chi connectivity index (χ0v) is 16.3. The zero-order chi connectivity index (χ0) is 20.1. The number of nitrogens with one attached hydrogen (secondary N) is 1. The Hall–Kier alpha value is -2.31. The normalized spacial score (nSPS) is 21.0. The average molecular weight is 404 g/mol. The molecule has 0 saturated carbocycles. The lowest BCUT2D eigenvalue weighted by Crippen LogP contribution is -2.46. The molecule has 7 nitrogen and oxygen atoms in total. The minimum absolute atomic E-state index is 0.159. The summed E-state index contributed by atoms with van der Waals surface area (Å²) >= 11 is 0. The Bertz CT molecular complexity index is 833. The number of benzene rings is 2. The van der Waals surface area contributed by atoms with E-state index in [1.165, 1.54) is 0 Å². The van der Waals surface area contributed by atoms with E-state index >= 15 is 0 Å². The number of ether oxygens (including phenoxy) is 2.